The zero-order valence-electron chi connectivity index (χ0n) is 10.1. The molecule has 2 aromatic rings. The number of anilines is 1. The molecule has 3 nitrogen and oxygen atoms in total. The van der Waals surface area contributed by atoms with Gasteiger partial charge in [0.25, 0.3) is 0 Å². The van der Waals surface area contributed by atoms with E-state index in [1.54, 1.807) is 22.3 Å². The van der Waals surface area contributed by atoms with Gasteiger partial charge >= 0.3 is 0 Å². The van der Waals surface area contributed by atoms with Gasteiger partial charge in [0, 0.05) is 10.9 Å². The Morgan fingerprint density at radius 3 is 3.11 bits per heavy atom. The Labute approximate surface area is 114 Å². The molecular weight excluding hydrogens is 265 g/mol. The number of halogens is 1. The van der Waals surface area contributed by atoms with Crippen molar-refractivity contribution in [2.75, 3.05) is 18.1 Å². The van der Waals surface area contributed by atoms with E-state index in [1.165, 1.54) is 12.1 Å². The molecule has 0 fully saturated rings. The summed E-state index contributed by atoms with van der Waals surface area (Å²) in [6, 6.07) is 8.10. The zero-order valence-corrected chi connectivity index (χ0v) is 11.0. The van der Waals surface area contributed by atoms with E-state index in [1.807, 2.05) is 17.5 Å². The maximum Gasteiger partial charge on any atom is 0.232 e. The summed E-state index contributed by atoms with van der Waals surface area (Å²) >= 11 is 1.55. The van der Waals surface area contributed by atoms with Gasteiger partial charge in [0.1, 0.15) is 18.2 Å². The van der Waals surface area contributed by atoms with Crippen molar-refractivity contribution in [1.29, 1.82) is 0 Å². The van der Waals surface area contributed by atoms with E-state index >= 15 is 0 Å². The van der Waals surface area contributed by atoms with Gasteiger partial charge in [-0.25, -0.2) is 4.39 Å². The first kappa shape index (κ1) is 12.2. The Kier molecular flexibility index (Phi) is 3.21. The minimum atomic E-state index is -0.363. The van der Waals surface area contributed by atoms with Crippen molar-refractivity contribution in [3.05, 3.63) is 46.4 Å². The van der Waals surface area contributed by atoms with E-state index in [4.69, 9.17) is 4.74 Å². The number of carbonyl (C=O) groups is 1. The molecule has 0 radical (unpaired) electrons. The monoisotopic (exact) mass is 277 g/mol. The third-order valence-electron chi connectivity index (χ3n) is 2.99. The lowest BCUT2D eigenvalue weighted by molar-refractivity contribution is -0.118. The molecular formula is C14H12FNO2S. The molecule has 0 unspecified atom stereocenters. The number of hydrogen-bond acceptors (Lipinski definition) is 3. The van der Waals surface area contributed by atoms with Crippen LogP contribution in [0.25, 0.3) is 0 Å². The number of amides is 1. The van der Waals surface area contributed by atoms with Gasteiger partial charge in [-0.3, -0.25) is 4.79 Å². The summed E-state index contributed by atoms with van der Waals surface area (Å²) in [6.07, 6.45) is 0.341. The maximum atomic E-state index is 13.3. The molecule has 19 heavy (non-hydrogen) atoms. The smallest absolute Gasteiger partial charge is 0.232 e. The predicted molar refractivity (Wildman–Crippen MR) is 72.3 cm³/mol. The van der Waals surface area contributed by atoms with E-state index in [2.05, 4.69) is 0 Å². The SMILES string of the molecule is O=C(Cc1cccs1)N1CCOc2ccc(F)cc21. The molecule has 0 N–H and O–H groups in total. The molecule has 1 aromatic carbocycles. The summed E-state index contributed by atoms with van der Waals surface area (Å²) in [5.41, 5.74) is 0.521. The van der Waals surface area contributed by atoms with Crippen LogP contribution in [0.4, 0.5) is 10.1 Å². The first-order chi connectivity index (χ1) is 9.24. The van der Waals surface area contributed by atoms with Gasteiger partial charge in [-0.2, -0.15) is 0 Å². The lowest BCUT2D eigenvalue weighted by Gasteiger charge is -2.29. The molecule has 1 aliphatic heterocycles. The van der Waals surface area contributed by atoms with Crippen LogP contribution >= 0.6 is 11.3 Å². The Morgan fingerprint density at radius 2 is 2.32 bits per heavy atom. The lowest BCUT2D eigenvalue weighted by Crippen LogP contribution is -2.38. The van der Waals surface area contributed by atoms with Crippen LogP contribution in [-0.4, -0.2) is 19.1 Å². The second-order valence-corrected chi connectivity index (χ2v) is 5.29. The van der Waals surface area contributed by atoms with Crippen molar-refractivity contribution in [3.8, 4) is 5.75 Å². The highest BCUT2D eigenvalue weighted by Gasteiger charge is 2.24. The lowest BCUT2D eigenvalue weighted by atomic mass is 10.2. The highest BCUT2D eigenvalue weighted by molar-refractivity contribution is 7.10. The fraction of sp³-hybridized carbons (Fsp3) is 0.214. The molecule has 98 valence electrons. The Bertz CT molecular complexity index is 597. The maximum absolute atomic E-state index is 13.3. The van der Waals surface area contributed by atoms with E-state index < -0.39 is 0 Å². The summed E-state index contributed by atoms with van der Waals surface area (Å²) in [6.45, 7) is 0.898. The number of nitrogens with zero attached hydrogens (tertiary/aromatic N) is 1. The van der Waals surface area contributed by atoms with Crippen LogP contribution in [0.2, 0.25) is 0 Å². The van der Waals surface area contributed by atoms with Crippen LogP contribution in [0.5, 0.6) is 5.75 Å². The molecule has 0 spiro atoms. The molecule has 0 saturated carbocycles. The van der Waals surface area contributed by atoms with Gasteiger partial charge < -0.3 is 9.64 Å². The molecule has 0 saturated heterocycles. The van der Waals surface area contributed by atoms with Crippen LogP contribution in [0.1, 0.15) is 4.88 Å². The number of thiophene rings is 1. The largest absolute Gasteiger partial charge is 0.490 e. The van der Waals surface area contributed by atoms with Crippen LogP contribution in [0.3, 0.4) is 0 Å². The number of benzene rings is 1. The van der Waals surface area contributed by atoms with Crippen LogP contribution in [0.15, 0.2) is 35.7 Å². The minimum Gasteiger partial charge on any atom is -0.490 e. The summed E-state index contributed by atoms with van der Waals surface area (Å²) < 4.78 is 18.8. The highest BCUT2D eigenvalue weighted by atomic mass is 32.1. The minimum absolute atomic E-state index is 0.0300. The van der Waals surface area contributed by atoms with Crippen LogP contribution in [-0.2, 0) is 11.2 Å². The Balaban J connectivity index is 1.86. The normalized spacial score (nSPS) is 13.8. The van der Waals surface area contributed by atoms with Gasteiger partial charge in [0.05, 0.1) is 18.7 Å². The number of hydrogen-bond donors (Lipinski definition) is 0. The van der Waals surface area contributed by atoms with Crippen molar-refractivity contribution >= 4 is 22.9 Å². The molecule has 2 heterocycles. The predicted octanol–water partition coefficient (Wildman–Crippen LogP) is 2.86. The van der Waals surface area contributed by atoms with Crippen LogP contribution < -0.4 is 9.64 Å². The van der Waals surface area contributed by atoms with Crippen molar-refractivity contribution in [2.24, 2.45) is 0 Å². The standard InChI is InChI=1S/C14H12FNO2S/c15-10-3-4-13-12(8-10)16(5-6-18-13)14(17)9-11-2-1-7-19-11/h1-4,7-8H,5-6,9H2. The summed E-state index contributed by atoms with van der Waals surface area (Å²) in [7, 11) is 0. The Morgan fingerprint density at radius 1 is 1.42 bits per heavy atom. The fourth-order valence-corrected chi connectivity index (χ4v) is 2.80. The number of carbonyl (C=O) groups excluding carboxylic acids is 1. The molecule has 0 atom stereocenters. The molecule has 3 rings (SSSR count). The van der Waals surface area contributed by atoms with E-state index in [9.17, 15) is 9.18 Å². The van der Waals surface area contributed by atoms with Gasteiger partial charge in [0.15, 0.2) is 0 Å². The van der Waals surface area contributed by atoms with Crippen molar-refractivity contribution < 1.29 is 13.9 Å². The van der Waals surface area contributed by atoms with E-state index in [-0.39, 0.29) is 11.7 Å². The third-order valence-corrected chi connectivity index (χ3v) is 3.87. The van der Waals surface area contributed by atoms with Crippen molar-refractivity contribution in [1.82, 2.24) is 0 Å². The average molecular weight is 277 g/mol. The van der Waals surface area contributed by atoms with Gasteiger partial charge in [0.2, 0.25) is 5.91 Å². The average Bonchev–Trinajstić information content (AvgIpc) is 2.90. The molecule has 0 bridgehead atoms. The zero-order chi connectivity index (χ0) is 13.2. The highest BCUT2D eigenvalue weighted by Crippen LogP contribution is 2.32. The topological polar surface area (TPSA) is 29.5 Å². The number of ether oxygens (including phenoxy) is 1. The fourth-order valence-electron chi connectivity index (χ4n) is 2.11. The molecule has 1 aromatic heterocycles. The first-order valence-electron chi connectivity index (χ1n) is 5.99. The summed E-state index contributed by atoms with van der Waals surface area (Å²) in [4.78, 5) is 14.9. The van der Waals surface area contributed by atoms with Gasteiger partial charge in [-0.1, -0.05) is 6.07 Å². The van der Waals surface area contributed by atoms with Crippen molar-refractivity contribution in [3.63, 3.8) is 0 Å². The molecule has 0 aliphatic carbocycles. The summed E-state index contributed by atoms with van der Waals surface area (Å²) in [5.74, 6) is 0.169. The van der Waals surface area contributed by atoms with Gasteiger partial charge in [-0.15, -0.1) is 11.3 Å². The van der Waals surface area contributed by atoms with Crippen LogP contribution in [0, 0.1) is 5.82 Å². The quantitative estimate of drug-likeness (QED) is 0.844. The summed E-state index contributed by atoms with van der Waals surface area (Å²) in [5, 5.41) is 1.94. The number of fused-ring (bicyclic) bond motifs is 1. The third kappa shape index (κ3) is 2.46. The van der Waals surface area contributed by atoms with Gasteiger partial charge in [-0.05, 0) is 23.6 Å². The van der Waals surface area contributed by atoms with Crippen molar-refractivity contribution in [2.45, 2.75) is 6.42 Å². The molecule has 1 amide bonds. The number of rotatable bonds is 2. The van der Waals surface area contributed by atoms with E-state index in [0.29, 0.717) is 31.0 Å². The molecule has 1 aliphatic rings. The second-order valence-electron chi connectivity index (χ2n) is 4.26. The first-order valence-corrected chi connectivity index (χ1v) is 6.87. The van der Waals surface area contributed by atoms with E-state index in [0.717, 1.165) is 4.88 Å². The second kappa shape index (κ2) is 5.01. The molecule has 5 heteroatoms. The Hall–Kier alpha value is -1.88.